The number of nitrogens with one attached hydrogen (secondary N) is 1. The van der Waals surface area contributed by atoms with Crippen LogP contribution in [0.2, 0.25) is 0 Å². The van der Waals surface area contributed by atoms with E-state index in [-0.39, 0.29) is 43.0 Å². The summed E-state index contributed by atoms with van der Waals surface area (Å²) in [7, 11) is 0. The summed E-state index contributed by atoms with van der Waals surface area (Å²) in [6.07, 6.45) is 10.3. The fraction of sp³-hybridized carbons (Fsp3) is 0.621. The SMILES string of the molecule is CCOC(=O)[C@H]1[C@H]2C(=O)N([C@@H](CO)Cc3ccccc3)[C@H](C(=O)NC3CCCCC3)[C@H]2C=C[C@H]1CC. The molecule has 0 unspecified atom stereocenters. The van der Waals surface area contributed by atoms with Crippen molar-refractivity contribution in [3.8, 4) is 0 Å². The zero-order valence-corrected chi connectivity index (χ0v) is 21.5. The number of benzene rings is 1. The smallest absolute Gasteiger partial charge is 0.310 e. The summed E-state index contributed by atoms with van der Waals surface area (Å²) in [6, 6.07) is 8.46. The molecule has 1 aromatic rings. The van der Waals surface area contributed by atoms with Crippen LogP contribution in [-0.4, -0.2) is 59.1 Å². The van der Waals surface area contributed by atoms with Crippen LogP contribution in [0.1, 0.15) is 57.9 Å². The number of ether oxygens (including phenoxy) is 1. The predicted molar refractivity (Wildman–Crippen MR) is 137 cm³/mol. The Bertz CT molecular complexity index is 942. The molecule has 0 aromatic heterocycles. The van der Waals surface area contributed by atoms with Gasteiger partial charge in [-0.25, -0.2) is 0 Å². The highest BCUT2D eigenvalue weighted by molar-refractivity contribution is 5.96. The molecule has 1 aromatic carbocycles. The molecule has 196 valence electrons. The number of amides is 2. The monoisotopic (exact) mass is 496 g/mol. The van der Waals surface area contributed by atoms with Crippen LogP contribution < -0.4 is 5.32 Å². The van der Waals surface area contributed by atoms with Gasteiger partial charge in [0.25, 0.3) is 0 Å². The second-order valence-electron chi connectivity index (χ2n) is 10.4. The topological polar surface area (TPSA) is 95.9 Å². The lowest BCUT2D eigenvalue weighted by atomic mass is 9.69. The van der Waals surface area contributed by atoms with Crippen LogP contribution in [0.25, 0.3) is 0 Å². The van der Waals surface area contributed by atoms with E-state index in [0.29, 0.717) is 12.8 Å². The van der Waals surface area contributed by atoms with Crippen LogP contribution in [0.15, 0.2) is 42.5 Å². The number of allylic oxidation sites excluding steroid dienone is 1. The van der Waals surface area contributed by atoms with E-state index in [1.807, 2.05) is 49.4 Å². The van der Waals surface area contributed by atoms with Crippen molar-refractivity contribution in [1.82, 2.24) is 10.2 Å². The molecule has 0 bridgehead atoms. The molecule has 4 rings (SSSR count). The minimum absolute atomic E-state index is 0.0979. The van der Waals surface area contributed by atoms with Crippen molar-refractivity contribution in [2.24, 2.45) is 23.7 Å². The first-order chi connectivity index (χ1) is 17.5. The van der Waals surface area contributed by atoms with Gasteiger partial charge in [0.05, 0.1) is 31.1 Å². The van der Waals surface area contributed by atoms with E-state index in [9.17, 15) is 19.5 Å². The third kappa shape index (κ3) is 5.36. The summed E-state index contributed by atoms with van der Waals surface area (Å²) in [4.78, 5) is 42.6. The molecular formula is C29H40N2O5. The second kappa shape index (κ2) is 12.0. The lowest BCUT2D eigenvalue weighted by Gasteiger charge is -2.35. The summed E-state index contributed by atoms with van der Waals surface area (Å²) in [6.45, 7) is 3.74. The van der Waals surface area contributed by atoms with E-state index in [2.05, 4.69) is 5.32 Å². The number of hydrogen-bond donors (Lipinski definition) is 2. The summed E-state index contributed by atoms with van der Waals surface area (Å²) >= 11 is 0. The molecule has 1 saturated heterocycles. The Morgan fingerprint density at radius 2 is 1.83 bits per heavy atom. The van der Waals surface area contributed by atoms with E-state index in [0.717, 1.165) is 31.2 Å². The molecule has 0 spiro atoms. The van der Waals surface area contributed by atoms with Crippen LogP contribution in [0.3, 0.4) is 0 Å². The molecule has 2 N–H and O–H groups in total. The lowest BCUT2D eigenvalue weighted by molar-refractivity contribution is -0.156. The molecule has 7 nitrogen and oxygen atoms in total. The number of hydrogen-bond acceptors (Lipinski definition) is 5. The van der Waals surface area contributed by atoms with Crippen LogP contribution in [0.5, 0.6) is 0 Å². The van der Waals surface area contributed by atoms with Gasteiger partial charge in [-0.3, -0.25) is 14.4 Å². The normalized spacial score (nSPS) is 29.0. The number of esters is 1. The first-order valence-electron chi connectivity index (χ1n) is 13.6. The van der Waals surface area contributed by atoms with E-state index >= 15 is 0 Å². The van der Waals surface area contributed by atoms with Gasteiger partial charge in [0.2, 0.25) is 11.8 Å². The third-order valence-corrected chi connectivity index (χ3v) is 8.22. The van der Waals surface area contributed by atoms with E-state index in [1.165, 1.54) is 6.42 Å². The van der Waals surface area contributed by atoms with Gasteiger partial charge in [-0.15, -0.1) is 0 Å². The van der Waals surface area contributed by atoms with Crippen molar-refractivity contribution in [3.05, 3.63) is 48.0 Å². The van der Waals surface area contributed by atoms with Gasteiger partial charge in [0, 0.05) is 12.0 Å². The number of carbonyl (C=O) groups excluding carboxylic acids is 3. The fourth-order valence-electron chi connectivity index (χ4n) is 6.46. The third-order valence-electron chi connectivity index (χ3n) is 8.22. The summed E-state index contributed by atoms with van der Waals surface area (Å²) in [5.74, 6) is -2.68. The molecule has 3 aliphatic rings. The molecule has 6 atom stereocenters. The number of carbonyl (C=O) groups is 3. The van der Waals surface area contributed by atoms with Crippen molar-refractivity contribution >= 4 is 17.8 Å². The Balaban J connectivity index is 1.70. The zero-order valence-electron chi connectivity index (χ0n) is 21.5. The number of rotatable bonds is 9. The number of nitrogens with zero attached hydrogens (tertiary/aromatic N) is 1. The highest BCUT2D eigenvalue weighted by Gasteiger charge is 2.58. The minimum atomic E-state index is -0.767. The molecule has 1 heterocycles. The zero-order chi connectivity index (χ0) is 25.7. The van der Waals surface area contributed by atoms with Crippen LogP contribution in [0.4, 0.5) is 0 Å². The minimum Gasteiger partial charge on any atom is -0.466 e. The molecule has 36 heavy (non-hydrogen) atoms. The van der Waals surface area contributed by atoms with Crippen molar-refractivity contribution < 1.29 is 24.2 Å². The Morgan fingerprint density at radius 3 is 2.47 bits per heavy atom. The molecule has 1 aliphatic heterocycles. The van der Waals surface area contributed by atoms with Gasteiger partial charge >= 0.3 is 5.97 Å². The Hall–Kier alpha value is -2.67. The van der Waals surface area contributed by atoms with Gasteiger partial charge in [0.15, 0.2) is 0 Å². The fourth-order valence-corrected chi connectivity index (χ4v) is 6.46. The maximum absolute atomic E-state index is 14.1. The molecule has 1 saturated carbocycles. The molecular weight excluding hydrogens is 456 g/mol. The number of likely N-dealkylation sites (tertiary alicyclic amines) is 1. The predicted octanol–water partition coefficient (Wildman–Crippen LogP) is 3.26. The second-order valence-corrected chi connectivity index (χ2v) is 10.4. The van der Waals surface area contributed by atoms with Crippen LogP contribution in [-0.2, 0) is 25.5 Å². The average molecular weight is 497 g/mol. The maximum Gasteiger partial charge on any atom is 0.310 e. The Morgan fingerprint density at radius 1 is 1.11 bits per heavy atom. The lowest BCUT2D eigenvalue weighted by Crippen LogP contribution is -2.54. The quantitative estimate of drug-likeness (QED) is 0.404. The molecule has 2 fully saturated rings. The Kier molecular flexibility index (Phi) is 8.83. The van der Waals surface area contributed by atoms with Crippen LogP contribution in [0, 0.1) is 23.7 Å². The largest absolute Gasteiger partial charge is 0.466 e. The first-order valence-corrected chi connectivity index (χ1v) is 13.6. The van der Waals surface area contributed by atoms with E-state index in [1.54, 1.807) is 11.8 Å². The highest BCUT2D eigenvalue weighted by Crippen LogP contribution is 2.46. The van der Waals surface area contributed by atoms with Crippen LogP contribution >= 0.6 is 0 Å². The highest BCUT2D eigenvalue weighted by atomic mass is 16.5. The molecule has 2 aliphatic carbocycles. The van der Waals surface area contributed by atoms with Crippen molar-refractivity contribution in [2.45, 2.75) is 76.9 Å². The van der Waals surface area contributed by atoms with Gasteiger partial charge < -0.3 is 20.1 Å². The first kappa shape index (κ1) is 26.4. The van der Waals surface area contributed by atoms with Gasteiger partial charge in [-0.2, -0.15) is 0 Å². The molecule has 7 heteroatoms. The van der Waals surface area contributed by atoms with Crippen molar-refractivity contribution in [1.29, 1.82) is 0 Å². The summed E-state index contributed by atoms with van der Waals surface area (Å²) < 4.78 is 5.41. The average Bonchev–Trinajstić information content (AvgIpc) is 3.20. The standard InChI is InChI=1S/C29H40N2O5/c1-3-20-15-16-23-25(24(20)29(35)36-4-2)28(34)31(22(18-32)17-19-11-7-5-8-12-19)26(23)27(33)30-21-13-9-6-10-14-21/h5,7-8,11-12,15-16,20-26,32H,3-4,6,9-10,13-14,17-18H2,1-2H3,(H,30,33)/t20-,22-,23+,24-,25+,26+/m1/s1. The summed E-state index contributed by atoms with van der Waals surface area (Å²) in [5.41, 5.74) is 0.981. The van der Waals surface area contributed by atoms with E-state index in [4.69, 9.17) is 4.74 Å². The number of aliphatic hydroxyl groups excluding tert-OH is 1. The maximum atomic E-state index is 14.1. The number of fused-ring (bicyclic) bond motifs is 1. The van der Waals surface area contributed by atoms with Gasteiger partial charge in [-0.1, -0.05) is 68.7 Å². The van der Waals surface area contributed by atoms with Crippen molar-refractivity contribution in [2.75, 3.05) is 13.2 Å². The Labute approximate surface area is 214 Å². The summed E-state index contributed by atoms with van der Waals surface area (Å²) in [5, 5.41) is 13.7. The van der Waals surface area contributed by atoms with E-state index < -0.39 is 29.8 Å². The number of aliphatic hydroxyl groups is 1. The molecule has 2 amide bonds. The molecule has 0 radical (unpaired) electrons. The van der Waals surface area contributed by atoms with Gasteiger partial charge in [0.1, 0.15) is 6.04 Å². The van der Waals surface area contributed by atoms with Gasteiger partial charge in [-0.05, 0) is 44.1 Å². The van der Waals surface area contributed by atoms with Crippen molar-refractivity contribution in [3.63, 3.8) is 0 Å².